The Kier molecular flexibility index (Phi) is 16.2. The summed E-state index contributed by atoms with van der Waals surface area (Å²) in [5.74, 6) is 0. The second-order valence-corrected chi connectivity index (χ2v) is 9.75. The van der Waals surface area contributed by atoms with E-state index in [1.54, 1.807) is 0 Å². The molecule has 0 saturated carbocycles. The van der Waals surface area contributed by atoms with Crippen LogP contribution in [-0.2, 0) is 42.0 Å². The van der Waals surface area contributed by atoms with Crippen LogP contribution in [0.4, 0.5) is 0 Å². The Labute approximate surface area is 225 Å². The van der Waals surface area contributed by atoms with E-state index in [2.05, 4.69) is 4.98 Å². The molecule has 1 saturated heterocycles. The molecular weight excluding hydrogens is 547 g/mol. The van der Waals surface area contributed by atoms with Crippen LogP contribution in [0, 0.1) is 6.92 Å². The molecule has 2 heterocycles. The molecule has 16 nitrogen and oxygen atoms in total. The third-order valence-electron chi connectivity index (χ3n) is 5.27. The molecule has 1 aliphatic heterocycles. The molecular formula is C22H39N2O14P. The summed E-state index contributed by atoms with van der Waals surface area (Å²) in [7, 11) is -4.44. The highest BCUT2D eigenvalue weighted by Gasteiger charge is 2.37. The maximum atomic E-state index is 12.1. The number of H-pyrrole nitrogens is 1. The minimum Gasteiger partial charge on any atom is -0.394 e. The van der Waals surface area contributed by atoms with Crippen molar-refractivity contribution in [3.05, 3.63) is 32.6 Å². The molecule has 4 N–H and O–H groups in total. The molecule has 1 aromatic rings. The van der Waals surface area contributed by atoms with Gasteiger partial charge in [-0.2, -0.15) is 0 Å². The number of phosphoric acid groups is 1. The molecule has 0 aromatic carbocycles. The number of rotatable bonds is 22. The molecule has 0 aliphatic carbocycles. The van der Waals surface area contributed by atoms with E-state index in [9.17, 15) is 24.2 Å². The van der Waals surface area contributed by atoms with Crippen molar-refractivity contribution in [2.75, 3.05) is 85.9 Å². The van der Waals surface area contributed by atoms with Crippen molar-refractivity contribution in [2.45, 2.75) is 31.8 Å². The first-order chi connectivity index (χ1) is 18.7. The smallest absolute Gasteiger partial charge is 0.394 e. The van der Waals surface area contributed by atoms with Gasteiger partial charge >= 0.3 is 13.5 Å². The number of aliphatic hydroxyl groups is 2. The van der Waals surface area contributed by atoms with Gasteiger partial charge in [-0.15, -0.1) is 0 Å². The fourth-order valence-corrected chi connectivity index (χ4v) is 4.01. The minimum atomic E-state index is -4.44. The second kappa shape index (κ2) is 18.7. The number of aromatic nitrogens is 2. The summed E-state index contributed by atoms with van der Waals surface area (Å²) in [5, 5.41) is 18.8. The Bertz CT molecular complexity index is 973. The van der Waals surface area contributed by atoms with Crippen LogP contribution in [-0.4, -0.2) is 123 Å². The van der Waals surface area contributed by atoms with E-state index in [1.165, 1.54) is 13.1 Å². The maximum absolute atomic E-state index is 12.1. The third kappa shape index (κ3) is 13.6. The summed E-state index contributed by atoms with van der Waals surface area (Å²) in [6.07, 6.45) is -1.59. The molecule has 4 atom stereocenters. The Hall–Kier alpha value is -1.53. The molecule has 0 bridgehead atoms. The zero-order chi connectivity index (χ0) is 28.5. The summed E-state index contributed by atoms with van der Waals surface area (Å²) in [6, 6.07) is 0. The van der Waals surface area contributed by atoms with Crippen LogP contribution >= 0.6 is 7.82 Å². The summed E-state index contributed by atoms with van der Waals surface area (Å²) in [5.41, 5.74) is -0.927. The molecule has 39 heavy (non-hydrogen) atoms. The molecule has 17 heteroatoms. The van der Waals surface area contributed by atoms with Gasteiger partial charge in [0.2, 0.25) is 0 Å². The fraction of sp³-hybridized carbons (Fsp3) is 0.818. The van der Waals surface area contributed by atoms with Gasteiger partial charge in [-0.25, -0.2) is 9.36 Å². The van der Waals surface area contributed by atoms with E-state index in [0.29, 0.717) is 58.4 Å². The van der Waals surface area contributed by atoms with Crippen molar-refractivity contribution in [2.24, 2.45) is 0 Å². The van der Waals surface area contributed by atoms with E-state index >= 15 is 0 Å². The summed E-state index contributed by atoms with van der Waals surface area (Å²) >= 11 is 0. The Morgan fingerprint density at radius 1 is 0.923 bits per heavy atom. The van der Waals surface area contributed by atoms with Crippen molar-refractivity contribution < 1.29 is 57.1 Å². The molecule has 1 aromatic heterocycles. The largest absolute Gasteiger partial charge is 0.472 e. The van der Waals surface area contributed by atoms with Crippen molar-refractivity contribution in [1.29, 1.82) is 0 Å². The van der Waals surface area contributed by atoms with Crippen LogP contribution in [0.1, 0.15) is 18.2 Å². The highest BCUT2D eigenvalue weighted by molar-refractivity contribution is 7.47. The number of aliphatic hydroxyl groups excluding tert-OH is 2. The van der Waals surface area contributed by atoms with Gasteiger partial charge in [0.15, 0.2) is 0 Å². The molecule has 1 fully saturated rings. The molecule has 0 spiro atoms. The minimum absolute atomic E-state index is 0.0135. The van der Waals surface area contributed by atoms with Gasteiger partial charge in [0, 0.05) is 18.2 Å². The third-order valence-corrected chi connectivity index (χ3v) is 6.25. The number of hydrogen-bond acceptors (Lipinski definition) is 13. The molecule has 1 aliphatic rings. The first kappa shape index (κ1) is 33.7. The summed E-state index contributed by atoms with van der Waals surface area (Å²) in [4.78, 5) is 35.5. The lowest BCUT2D eigenvalue weighted by atomic mass is 10.2. The summed E-state index contributed by atoms with van der Waals surface area (Å²) in [6.45, 7) is 4.14. The number of nitrogens with zero attached hydrogens (tertiary/aromatic N) is 1. The number of phosphoric ester groups is 1. The monoisotopic (exact) mass is 586 g/mol. The number of ether oxygens (including phenoxy) is 6. The Morgan fingerprint density at radius 3 is 1.97 bits per heavy atom. The first-order valence-electron chi connectivity index (χ1n) is 12.5. The number of nitrogens with one attached hydrogen (secondary N) is 1. The van der Waals surface area contributed by atoms with Gasteiger partial charge in [0.1, 0.15) is 12.3 Å². The van der Waals surface area contributed by atoms with Gasteiger partial charge in [-0.1, -0.05) is 0 Å². The number of hydrogen-bond donors (Lipinski definition) is 4. The van der Waals surface area contributed by atoms with Gasteiger partial charge in [0.05, 0.1) is 92.0 Å². The standard InChI is InChI=1S/C22H39N2O14P/c1-17-15-24(22(28)23-21(17)27)20-14-18(26)19(38-20)16-37-39(29,30)36-13-12-35-11-10-34-9-8-33-7-6-32-5-4-31-3-2-25/h15,18-20,25-26H,2-14,16H2,1H3,(H,29,30)(H,23,27,28)/t18-,19+,20+/m0/s1. The molecule has 0 amide bonds. The van der Waals surface area contributed by atoms with Crippen molar-refractivity contribution in [1.82, 2.24) is 9.55 Å². The van der Waals surface area contributed by atoms with Crippen molar-refractivity contribution in [3.63, 3.8) is 0 Å². The highest BCUT2D eigenvalue weighted by Crippen LogP contribution is 2.44. The van der Waals surface area contributed by atoms with Gasteiger partial charge in [-0.05, 0) is 6.92 Å². The van der Waals surface area contributed by atoms with Gasteiger partial charge in [-0.3, -0.25) is 23.4 Å². The molecule has 1 unspecified atom stereocenters. The van der Waals surface area contributed by atoms with Gasteiger partial charge < -0.3 is 43.5 Å². The average molecular weight is 587 g/mol. The van der Waals surface area contributed by atoms with Gasteiger partial charge in [0.25, 0.3) is 5.56 Å². The van der Waals surface area contributed by atoms with E-state index in [-0.39, 0.29) is 32.8 Å². The first-order valence-corrected chi connectivity index (χ1v) is 14.0. The zero-order valence-electron chi connectivity index (χ0n) is 21.9. The average Bonchev–Trinajstić information content (AvgIpc) is 3.27. The van der Waals surface area contributed by atoms with Crippen molar-refractivity contribution in [3.8, 4) is 0 Å². The van der Waals surface area contributed by atoms with Crippen LogP contribution in [0.5, 0.6) is 0 Å². The lowest BCUT2D eigenvalue weighted by Gasteiger charge is -2.18. The Balaban J connectivity index is 1.47. The predicted octanol–water partition coefficient (Wildman–Crippen LogP) is -1.30. The molecule has 0 radical (unpaired) electrons. The predicted molar refractivity (Wildman–Crippen MR) is 134 cm³/mol. The summed E-state index contributed by atoms with van der Waals surface area (Å²) < 4.78 is 54.8. The lowest BCUT2D eigenvalue weighted by molar-refractivity contribution is -0.0476. The van der Waals surface area contributed by atoms with Crippen LogP contribution in [0.15, 0.2) is 15.8 Å². The molecule has 226 valence electrons. The van der Waals surface area contributed by atoms with E-state index < -0.39 is 44.1 Å². The van der Waals surface area contributed by atoms with Crippen LogP contribution in [0.3, 0.4) is 0 Å². The Morgan fingerprint density at radius 2 is 1.44 bits per heavy atom. The SMILES string of the molecule is Cc1cn([C@H]2C[C@H](O)[C@@H](COP(=O)(O)OCCOCCOCCOCCOCCOCCO)O2)c(=O)[nH]c1=O. The highest BCUT2D eigenvalue weighted by atomic mass is 31.2. The van der Waals surface area contributed by atoms with Crippen LogP contribution < -0.4 is 11.2 Å². The number of aryl methyl sites for hydroxylation is 1. The van der Waals surface area contributed by atoms with E-state index in [0.717, 1.165) is 4.57 Å². The maximum Gasteiger partial charge on any atom is 0.472 e. The van der Waals surface area contributed by atoms with E-state index in [4.69, 9.17) is 42.6 Å². The number of aromatic amines is 1. The second-order valence-electron chi connectivity index (χ2n) is 8.29. The fourth-order valence-electron chi connectivity index (χ4n) is 3.30. The lowest BCUT2D eigenvalue weighted by Crippen LogP contribution is -2.33. The normalized spacial score (nSPS) is 20.9. The zero-order valence-corrected chi connectivity index (χ0v) is 22.8. The topological polar surface area (TPSA) is 206 Å². The van der Waals surface area contributed by atoms with Crippen molar-refractivity contribution >= 4 is 7.82 Å². The quantitative estimate of drug-likeness (QED) is 0.0921. The van der Waals surface area contributed by atoms with E-state index in [1.807, 2.05) is 0 Å². The van der Waals surface area contributed by atoms with Crippen LogP contribution in [0.2, 0.25) is 0 Å². The van der Waals surface area contributed by atoms with Crippen LogP contribution in [0.25, 0.3) is 0 Å². The molecule has 2 rings (SSSR count).